The Balaban J connectivity index is 1.42. The molecule has 1 aliphatic rings. The third-order valence-corrected chi connectivity index (χ3v) is 7.00. The van der Waals surface area contributed by atoms with Crippen molar-refractivity contribution in [2.24, 2.45) is 0 Å². The van der Waals surface area contributed by atoms with E-state index in [1.54, 1.807) is 12.1 Å². The lowest BCUT2D eigenvalue weighted by Gasteiger charge is -2.16. The SMILES string of the molecule is CC(C)c1ccc(C#N)c(SC2CC(=O)N(c3ccc(C(=O)OCC(=O)c4ccc(F)cc4)cc3)C2=O)n1. The van der Waals surface area contributed by atoms with Gasteiger partial charge < -0.3 is 4.74 Å². The van der Waals surface area contributed by atoms with E-state index in [2.05, 4.69) is 11.1 Å². The van der Waals surface area contributed by atoms with Crippen LogP contribution >= 0.6 is 11.8 Å². The molecule has 1 saturated heterocycles. The lowest BCUT2D eigenvalue weighted by atomic mass is 10.1. The van der Waals surface area contributed by atoms with Gasteiger partial charge in [0.15, 0.2) is 12.4 Å². The maximum Gasteiger partial charge on any atom is 0.338 e. The highest BCUT2D eigenvalue weighted by Crippen LogP contribution is 2.35. The zero-order valence-electron chi connectivity index (χ0n) is 20.5. The number of carbonyl (C=O) groups is 4. The first-order chi connectivity index (χ1) is 18.2. The largest absolute Gasteiger partial charge is 0.454 e. The molecule has 3 aromatic rings. The molecule has 2 heterocycles. The van der Waals surface area contributed by atoms with Gasteiger partial charge in [-0.15, -0.1) is 0 Å². The summed E-state index contributed by atoms with van der Waals surface area (Å²) in [6, 6.07) is 16.1. The number of carbonyl (C=O) groups excluding carboxylic acids is 4. The fraction of sp³-hybridized carbons (Fsp3) is 0.214. The van der Waals surface area contributed by atoms with E-state index in [4.69, 9.17) is 4.74 Å². The molecule has 0 aliphatic carbocycles. The number of anilines is 1. The summed E-state index contributed by atoms with van der Waals surface area (Å²) in [7, 11) is 0. The van der Waals surface area contributed by atoms with Crippen LogP contribution in [0.5, 0.6) is 0 Å². The number of Topliss-reactive ketones (excluding diaryl/α,β-unsaturated/α-hetero) is 1. The van der Waals surface area contributed by atoms with Crippen molar-refractivity contribution in [2.45, 2.75) is 36.5 Å². The number of ether oxygens (including phenoxy) is 1. The fourth-order valence-corrected chi connectivity index (χ4v) is 4.83. The molecule has 1 aliphatic heterocycles. The molecule has 0 radical (unpaired) electrons. The predicted octanol–water partition coefficient (Wildman–Crippen LogP) is 4.68. The molecule has 4 rings (SSSR count). The van der Waals surface area contributed by atoms with E-state index < -0.39 is 41.2 Å². The molecule has 2 amide bonds. The average molecular weight is 532 g/mol. The fourth-order valence-electron chi connectivity index (χ4n) is 3.73. The highest BCUT2D eigenvalue weighted by molar-refractivity contribution is 8.00. The van der Waals surface area contributed by atoms with E-state index >= 15 is 0 Å². The van der Waals surface area contributed by atoms with Crippen LogP contribution in [0.3, 0.4) is 0 Å². The molecule has 38 heavy (non-hydrogen) atoms. The summed E-state index contributed by atoms with van der Waals surface area (Å²) in [4.78, 5) is 55.9. The van der Waals surface area contributed by atoms with Gasteiger partial charge in [-0.3, -0.25) is 14.4 Å². The van der Waals surface area contributed by atoms with Crippen molar-refractivity contribution < 1.29 is 28.3 Å². The number of pyridine rings is 1. The Hall–Kier alpha value is -4.36. The van der Waals surface area contributed by atoms with Crippen LogP contribution < -0.4 is 4.90 Å². The van der Waals surface area contributed by atoms with Gasteiger partial charge in [-0.2, -0.15) is 5.26 Å². The van der Waals surface area contributed by atoms with Crippen molar-refractivity contribution in [3.05, 3.63) is 88.9 Å². The van der Waals surface area contributed by atoms with Crippen LogP contribution in [0.2, 0.25) is 0 Å². The summed E-state index contributed by atoms with van der Waals surface area (Å²) in [6.45, 7) is 3.42. The first-order valence-corrected chi connectivity index (χ1v) is 12.6. The van der Waals surface area contributed by atoms with Crippen LogP contribution in [0.25, 0.3) is 0 Å². The zero-order valence-corrected chi connectivity index (χ0v) is 21.3. The van der Waals surface area contributed by atoms with Gasteiger partial charge in [-0.25, -0.2) is 19.1 Å². The summed E-state index contributed by atoms with van der Waals surface area (Å²) >= 11 is 1.09. The predicted molar refractivity (Wildman–Crippen MR) is 137 cm³/mol. The Morgan fingerprint density at radius 2 is 1.74 bits per heavy atom. The maximum atomic E-state index is 13.1. The average Bonchev–Trinajstić information content (AvgIpc) is 3.19. The molecule has 10 heteroatoms. The van der Waals surface area contributed by atoms with E-state index in [-0.39, 0.29) is 29.2 Å². The van der Waals surface area contributed by atoms with Gasteiger partial charge in [0.1, 0.15) is 16.9 Å². The minimum Gasteiger partial charge on any atom is -0.454 e. The van der Waals surface area contributed by atoms with Gasteiger partial charge in [-0.1, -0.05) is 25.6 Å². The van der Waals surface area contributed by atoms with Crippen molar-refractivity contribution in [2.75, 3.05) is 11.5 Å². The first kappa shape index (κ1) is 26.7. The van der Waals surface area contributed by atoms with E-state index in [9.17, 15) is 28.8 Å². The number of nitriles is 1. The lowest BCUT2D eigenvalue weighted by Crippen LogP contribution is -2.31. The highest BCUT2D eigenvalue weighted by atomic mass is 32.2. The normalized spacial score (nSPS) is 15.0. The number of amides is 2. The zero-order chi connectivity index (χ0) is 27.4. The second-order valence-corrected chi connectivity index (χ2v) is 9.98. The highest BCUT2D eigenvalue weighted by Gasteiger charge is 2.40. The van der Waals surface area contributed by atoms with Gasteiger partial charge in [0.25, 0.3) is 0 Å². The number of aromatic nitrogens is 1. The lowest BCUT2D eigenvalue weighted by molar-refractivity contribution is -0.121. The Labute approximate surface area is 222 Å². The number of rotatable bonds is 8. The number of hydrogen-bond donors (Lipinski definition) is 0. The van der Waals surface area contributed by atoms with Gasteiger partial charge in [0.05, 0.1) is 22.1 Å². The van der Waals surface area contributed by atoms with E-state index in [1.165, 1.54) is 36.4 Å². The molecule has 1 atom stereocenters. The number of esters is 1. The van der Waals surface area contributed by atoms with Crippen LogP contribution in [-0.4, -0.2) is 40.4 Å². The standard InChI is InChI=1S/C28H22FN3O5S/c1-16(2)22-12-7-19(14-30)26(31-22)38-24-13-25(34)32(27(24)35)21-10-5-18(6-11-21)28(36)37-15-23(33)17-3-8-20(29)9-4-17/h3-12,16,24H,13,15H2,1-2H3. The van der Waals surface area contributed by atoms with Crippen LogP contribution in [0.1, 0.15) is 58.2 Å². The number of nitrogens with zero attached hydrogens (tertiary/aromatic N) is 3. The van der Waals surface area contributed by atoms with Crippen LogP contribution in [0, 0.1) is 17.1 Å². The van der Waals surface area contributed by atoms with Crippen molar-refractivity contribution in [1.29, 1.82) is 5.26 Å². The Kier molecular flexibility index (Phi) is 7.98. The van der Waals surface area contributed by atoms with Gasteiger partial charge >= 0.3 is 5.97 Å². The minimum absolute atomic E-state index is 0.0583. The molecule has 1 fully saturated rings. The molecule has 0 bridgehead atoms. The number of thioether (sulfide) groups is 1. The first-order valence-electron chi connectivity index (χ1n) is 11.7. The summed E-state index contributed by atoms with van der Waals surface area (Å²) in [5, 5.41) is 9.10. The monoisotopic (exact) mass is 531 g/mol. The second-order valence-electron chi connectivity index (χ2n) is 8.79. The molecule has 0 spiro atoms. The molecular formula is C28H22FN3O5S. The van der Waals surface area contributed by atoms with Crippen LogP contribution in [-0.2, 0) is 14.3 Å². The smallest absolute Gasteiger partial charge is 0.338 e. The Bertz CT molecular complexity index is 1450. The molecule has 1 aromatic heterocycles. The molecular weight excluding hydrogens is 509 g/mol. The summed E-state index contributed by atoms with van der Waals surface area (Å²) in [5.74, 6) is -2.46. The topological polar surface area (TPSA) is 117 Å². The maximum absolute atomic E-state index is 13.1. The van der Waals surface area contributed by atoms with Gasteiger partial charge in [-0.05, 0) is 66.6 Å². The number of benzene rings is 2. The van der Waals surface area contributed by atoms with Crippen molar-refractivity contribution in [3.8, 4) is 6.07 Å². The van der Waals surface area contributed by atoms with E-state index in [0.29, 0.717) is 10.6 Å². The van der Waals surface area contributed by atoms with Crippen molar-refractivity contribution >= 4 is 41.0 Å². The summed E-state index contributed by atoms with van der Waals surface area (Å²) in [6.07, 6.45) is -0.0583. The second kappa shape index (κ2) is 11.4. The van der Waals surface area contributed by atoms with E-state index in [1.807, 2.05) is 13.8 Å². The summed E-state index contributed by atoms with van der Waals surface area (Å²) < 4.78 is 18.1. The number of imide groups is 1. The third kappa shape index (κ3) is 5.79. The molecule has 1 unspecified atom stereocenters. The molecule has 0 saturated carbocycles. The van der Waals surface area contributed by atoms with Crippen LogP contribution in [0.15, 0.2) is 65.7 Å². The Morgan fingerprint density at radius 3 is 2.37 bits per heavy atom. The molecule has 8 nitrogen and oxygen atoms in total. The Morgan fingerprint density at radius 1 is 1.08 bits per heavy atom. The number of hydrogen-bond acceptors (Lipinski definition) is 8. The minimum atomic E-state index is -0.764. The molecule has 2 aromatic carbocycles. The van der Waals surface area contributed by atoms with E-state index in [0.717, 1.165) is 34.5 Å². The van der Waals surface area contributed by atoms with Crippen molar-refractivity contribution in [1.82, 2.24) is 4.98 Å². The third-order valence-electron chi connectivity index (χ3n) is 5.81. The molecule has 192 valence electrons. The van der Waals surface area contributed by atoms with Crippen molar-refractivity contribution in [3.63, 3.8) is 0 Å². The summed E-state index contributed by atoms with van der Waals surface area (Å²) in [5.41, 5.74) is 1.73. The number of ketones is 1. The van der Waals surface area contributed by atoms with Gasteiger partial charge in [0.2, 0.25) is 11.8 Å². The number of halogens is 1. The quantitative estimate of drug-likeness (QED) is 0.234. The van der Waals surface area contributed by atoms with Gasteiger partial charge in [0, 0.05) is 17.7 Å². The van der Waals surface area contributed by atoms with Crippen LogP contribution in [0.4, 0.5) is 10.1 Å². The molecule has 0 N–H and O–H groups in total.